The standard InChI is InChI=1S/C13H14BrFO/c14-12-5-4-11(15)8-10(12)9-13(16)6-2-1-3-7-13/h2,4-6,8,16H,1,3,7,9H2. The highest BCUT2D eigenvalue weighted by atomic mass is 79.9. The van der Waals surface area contributed by atoms with E-state index in [4.69, 9.17) is 0 Å². The smallest absolute Gasteiger partial charge is 0.123 e. The number of aliphatic hydroxyl groups is 1. The van der Waals surface area contributed by atoms with Crippen LogP contribution in [0.3, 0.4) is 0 Å². The fourth-order valence-electron chi connectivity index (χ4n) is 2.07. The first-order valence-electron chi connectivity index (χ1n) is 5.43. The summed E-state index contributed by atoms with van der Waals surface area (Å²) in [6.45, 7) is 0. The molecule has 1 aliphatic rings. The van der Waals surface area contributed by atoms with Crippen molar-refractivity contribution in [3.63, 3.8) is 0 Å². The molecule has 0 radical (unpaired) electrons. The topological polar surface area (TPSA) is 20.2 Å². The summed E-state index contributed by atoms with van der Waals surface area (Å²) in [4.78, 5) is 0. The van der Waals surface area contributed by atoms with Gasteiger partial charge in [-0.1, -0.05) is 28.1 Å². The van der Waals surface area contributed by atoms with Crippen LogP contribution in [0.1, 0.15) is 24.8 Å². The van der Waals surface area contributed by atoms with Crippen LogP contribution in [0.25, 0.3) is 0 Å². The normalized spacial score (nSPS) is 24.7. The van der Waals surface area contributed by atoms with Gasteiger partial charge in [-0.05, 0) is 43.0 Å². The van der Waals surface area contributed by atoms with Gasteiger partial charge in [0.2, 0.25) is 0 Å². The van der Waals surface area contributed by atoms with Crippen molar-refractivity contribution >= 4 is 15.9 Å². The van der Waals surface area contributed by atoms with Gasteiger partial charge < -0.3 is 5.11 Å². The number of hydrogen-bond acceptors (Lipinski definition) is 1. The quantitative estimate of drug-likeness (QED) is 0.823. The molecule has 0 amide bonds. The second-order valence-corrected chi connectivity index (χ2v) is 5.17. The van der Waals surface area contributed by atoms with E-state index in [0.29, 0.717) is 6.42 Å². The van der Waals surface area contributed by atoms with Gasteiger partial charge in [-0.15, -0.1) is 0 Å². The van der Waals surface area contributed by atoms with E-state index in [1.54, 1.807) is 6.07 Å². The lowest BCUT2D eigenvalue weighted by atomic mass is 9.85. The summed E-state index contributed by atoms with van der Waals surface area (Å²) >= 11 is 3.38. The summed E-state index contributed by atoms with van der Waals surface area (Å²) in [6.07, 6.45) is 7.05. The molecule has 0 bridgehead atoms. The minimum absolute atomic E-state index is 0.262. The van der Waals surface area contributed by atoms with Crippen LogP contribution in [0.5, 0.6) is 0 Å². The molecule has 86 valence electrons. The first-order valence-corrected chi connectivity index (χ1v) is 6.22. The predicted octanol–water partition coefficient (Wildman–Crippen LogP) is 3.60. The van der Waals surface area contributed by atoms with Gasteiger partial charge in [0.05, 0.1) is 5.60 Å². The van der Waals surface area contributed by atoms with E-state index in [1.807, 2.05) is 12.2 Å². The van der Waals surface area contributed by atoms with Gasteiger partial charge in [0.15, 0.2) is 0 Å². The maximum atomic E-state index is 13.1. The summed E-state index contributed by atoms with van der Waals surface area (Å²) < 4.78 is 14.0. The lowest BCUT2D eigenvalue weighted by molar-refractivity contribution is 0.0749. The van der Waals surface area contributed by atoms with Crippen molar-refractivity contribution in [1.82, 2.24) is 0 Å². The van der Waals surface area contributed by atoms with Gasteiger partial charge in [0, 0.05) is 10.9 Å². The van der Waals surface area contributed by atoms with Crippen LogP contribution < -0.4 is 0 Å². The first kappa shape index (κ1) is 11.8. The van der Waals surface area contributed by atoms with Crippen LogP contribution in [0, 0.1) is 5.82 Å². The fraction of sp³-hybridized carbons (Fsp3) is 0.385. The Morgan fingerprint density at radius 3 is 2.94 bits per heavy atom. The van der Waals surface area contributed by atoms with E-state index in [2.05, 4.69) is 15.9 Å². The Bertz CT molecular complexity index is 416. The zero-order valence-corrected chi connectivity index (χ0v) is 10.5. The summed E-state index contributed by atoms with van der Waals surface area (Å²) in [5.74, 6) is -0.262. The molecule has 0 saturated carbocycles. The second kappa shape index (κ2) is 4.68. The van der Waals surface area contributed by atoms with Gasteiger partial charge in [0.1, 0.15) is 5.82 Å². The Morgan fingerprint density at radius 1 is 1.44 bits per heavy atom. The molecule has 0 aromatic heterocycles. The molecule has 2 rings (SSSR count). The van der Waals surface area contributed by atoms with E-state index in [1.165, 1.54) is 12.1 Å². The van der Waals surface area contributed by atoms with Crippen molar-refractivity contribution < 1.29 is 9.50 Å². The SMILES string of the molecule is OC1(Cc2cc(F)ccc2Br)C=CCCC1. The van der Waals surface area contributed by atoms with Gasteiger partial charge in [-0.2, -0.15) is 0 Å². The molecule has 1 N–H and O–H groups in total. The number of halogens is 2. The first-order chi connectivity index (χ1) is 7.59. The van der Waals surface area contributed by atoms with Gasteiger partial charge in [-0.25, -0.2) is 4.39 Å². The third-order valence-electron chi connectivity index (χ3n) is 2.91. The number of allylic oxidation sites excluding steroid dienone is 1. The van der Waals surface area contributed by atoms with E-state index >= 15 is 0 Å². The third kappa shape index (κ3) is 2.71. The summed E-state index contributed by atoms with van der Waals surface area (Å²) in [6, 6.07) is 4.57. The lowest BCUT2D eigenvalue weighted by Gasteiger charge is -2.28. The van der Waals surface area contributed by atoms with E-state index in [9.17, 15) is 9.50 Å². The zero-order chi connectivity index (χ0) is 11.6. The highest BCUT2D eigenvalue weighted by molar-refractivity contribution is 9.10. The van der Waals surface area contributed by atoms with E-state index in [-0.39, 0.29) is 5.82 Å². The monoisotopic (exact) mass is 284 g/mol. The van der Waals surface area contributed by atoms with Crippen molar-refractivity contribution in [1.29, 1.82) is 0 Å². The molecule has 1 aromatic rings. The molecule has 1 nitrogen and oxygen atoms in total. The maximum absolute atomic E-state index is 13.1. The molecule has 0 aliphatic heterocycles. The molecular formula is C13H14BrFO. The van der Waals surface area contributed by atoms with Crippen molar-refractivity contribution in [2.24, 2.45) is 0 Å². The van der Waals surface area contributed by atoms with E-state index < -0.39 is 5.60 Å². The van der Waals surface area contributed by atoms with Crippen LogP contribution in [0.4, 0.5) is 4.39 Å². The Hall–Kier alpha value is -0.670. The van der Waals surface area contributed by atoms with Crippen LogP contribution in [-0.4, -0.2) is 10.7 Å². The summed E-state index contributed by atoms with van der Waals surface area (Å²) in [7, 11) is 0. The molecule has 1 aliphatic carbocycles. The Morgan fingerprint density at radius 2 is 2.25 bits per heavy atom. The average molecular weight is 285 g/mol. The molecule has 1 unspecified atom stereocenters. The van der Waals surface area contributed by atoms with Crippen LogP contribution in [0.2, 0.25) is 0 Å². The van der Waals surface area contributed by atoms with Gasteiger partial charge in [0.25, 0.3) is 0 Å². The molecule has 1 aromatic carbocycles. The summed E-state index contributed by atoms with van der Waals surface area (Å²) in [5.41, 5.74) is 0.00299. The van der Waals surface area contributed by atoms with Crippen LogP contribution >= 0.6 is 15.9 Å². The predicted molar refractivity (Wildman–Crippen MR) is 65.7 cm³/mol. The van der Waals surface area contributed by atoms with Crippen LogP contribution in [0.15, 0.2) is 34.8 Å². The molecule has 0 heterocycles. The molecule has 0 spiro atoms. The fourth-order valence-corrected chi connectivity index (χ4v) is 2.45. The number of rotatable bonds is 2. The van der Waals surface area contributed by atoms with Crippen LogP contribution in [-0.2, 0) is 6.42 Å². The highest BCUT2D eigenvalue weighted by Gasteiger charge is 2.26. The van der Waals surface area contributed by atoms with Gasteiger partial charge in [-0.3, -0.25) is 0 Å². The Balaban J connectivity index is 2.22. The minimum atomic E-state index is -0.811. The third-order valence-corrected chi connectivity index (χ3v) is 3.69. The molecular weight excluding hydrogens is 271 g/mol. The molecule has 16 heavy (non-hydrogen) atoms. The van der Waals surface area contributed by atoms with Crippen molar-refractivity contribution in [3.8, 4) is 0 Å². The Kier molecular flexibility index (Phi) is 3.45. The molecule has 0 saturated heterocycles. The van der Waals surface area contributed by atoms with Gasteiger partial charge >= 0.3 is 0 Å². The second-order valence-electron chi connectivity index (χ2n) is 4.31. The summed E-state index contributed by atoms with van der Waals surface area (Å²) in [5, 5.41) is 10.3. The lowest BCUT2D eigenvalue weighted by Crippen LogP contribution is -2.30. The minimum Gasteiger partial charge on any atom is -0.385 e. The maximum Gasteiger partial charge on any atom is 0.123 e. The average Bonchev–Trinajstić information content (AvgIpc) is 2.24. The highest BCUT2D eigenvalue weighted by Crippen LogP contribution is 2.29. The molecule has 3 heteroatoms. The van der Waals surface area contributed by atoms with E-state index in [0.717, 1.165) is 29.3 Å². The number of benzene rings is 1. The number of hydrogen-bond donors (Lipinski definition) is 1. The van der Waals surface area contributed by atoms with Crippen molar-refractivity contribution in [3.05, 3.63) is 46.2 Å². The van der Waals surface area contributed by atoms with Crippen molar-refractivity contribution in [2.45, 2.75) is 31.3 Å². The van der Waals surface area contributed by atoms with Crippen molar-refractivity contribution in [2.75, 3.05) is 0 Å². The molecule has 0 fully saturated rings. The largest absolute Gasteiger partial charge is 0.385 e. The molecule has 1 atom stereocenters. The Labute approximate surface area is 103 Å². The zero-order valence-electron chi connectivity index (χ0n) is 8.92.